The van der Waals surface area contributed by atoms with Gasteiger partial charge in [0.25, 0.3) is 0 Å². The molecular weight excluding hydrogens is 392 g/mol. The van der Waals surface area contributed by atoms with E-state index in [-0.39, 0.29) is 5.69 Å². The molecule has 1 fully saturated rings. The highest BCUT2D eigenvalue weighted by Gasteiger charge is 2.23. The minimum Gasteiger partial charge on any atom is -0.496 e. The first-order valence-corrected chi connectivity index (χ1v) is 10.3. The van der Waals surface area contributed by atoms with Crippen molar-refractivity contribution in [2.75, 3.05) is 37.0 Å². The second-order valence-electron chi connectivity index (χ2n) is 7.83. The molecule has 0 aliphatic carbocycles. The lowest BCUT2D eigenvalue weighted by molar-refractivity contribution is 0.368. The van der Waals surface area contributed by atoms with Crippen LogP contribution in [0.1, 0.15) is 19.5 Å². The molecule has 1 saturated heterocycles. The lowest BCUT2D eigenvalue weighted by Crippen LogP contribution is -2.52. The van der Waals surface area contributed by atoms with Gasteiger partial charge in [-0.25, -0.2) is 9.97 Å². The number of nitrogens with one attached hydrogen (secondary N) is 3. The minimum absolute atomic E-state index is 0.266. The number of rotatable bonds is 6. The van der Waals surface area contributed by atoms with Gasteiger partial charge in [0.15, 0.2) is 11.5 Å². The third-order valence-electron chi connectivity index (χ3n) is 5.45. The largest absolute Gasteiger partial charge is 0.496 e. The molecule has 1 aliphatic rings. The number of nitriles is 1. The van der Waals surface area contributed by atoms with E-state index in [1.54, 1.807) is 7.11 Å². The Morgan fingerprint density at radius 1 is 1.23 bits per heavy atom. The van der Waals surface area contributed by atoms with Crippen molar-refractivity contribution in [3.05, 3.63) is 42.4 Å². The maximum absolute atomic E-state index is 8.83. The molecule has 1 atom stereocenters. The lowest BCUT2D eigenvalue weighted by Gasteiger charge is -2.37. The molecule has 2 aromatic heterocycles. The molecule has 3 heterocycles. The van der Waals surface area contributed by atoms with E-state index in [4.69, 9.17) is 10.00 Å². The van der Waals surface area contributed by atoms with Gasteiger partial charge in [-0.1, -0.05) is 13.8 Å². The summed E-state index contributed by atoms with van der Waals surface area (Å²) >= 11 is 0. The van der Waals surface area contributed by atoms with Gasteiger partial charge in [-0.3, -0.25) is 5.10 Å². The van der Waals surface area contributed by atoms with Crippen LogP contribution in [0.15, 0.2) is 36.7 Å². The number of nitrogens with zero attached hydrogens (tertiary/aromatic N) is 5. The van der Waals surface area contributed by atoms with Crippen LogP contribution >= 0.6 is 0 Å². The number of ether oxygens (including phenoxy) is 1. The highest BCUT2D eigenvalue weighted by Crippen LogP contribution is 2.34. The van der Waals surface area contributed by atoms with Crippen LogP contribution in [0, 0.1) is 17.2 Å². The zero-order valence-electron chi connectivity index (χ0n) is 17.9. The normalized spacial score (nSPS) is 16.2. The molecule has 0 saturated carbocycles. The Labute approximate surface area is 181 Å². The van der Waals surface area contributed by atoms with Gasteiger partial charge in [0.2, 0.25) is 0 Å². The Bertz CT molecular complexity index is 1070. The van der Waals surface area contributed by atoms with Gasteiger partial charge in [0.05, 0.1) is 25.2 Å². The monoisotopic (exact) mass is 418 g/mol. The molecule has 4 rings (SSSR count). The van der Waals surface area contributed by atoms with E-state index >= 15 is 0 Å². The fraction of sp³-hybridized carbons (Fsp3) is 0.364. The quantitative estimate of drug-likeness (QED) is 0.560. The summed E-state index contributed by atoms with van der Waals surface area (Å²) in [5.41, 5.74) is 3.17. The Morgan fingerprint density at radius 3 is 2.81 bits per heavy atom. The summed E-state index contributed by atoms with van der Waals surface area (Å²) < 4.78 is 5.70. The third kappa shape index (κ3) is 4.59. The van der Waals surface area contributed by atoms with E-state index in [0.29, 0.717) is 23.6 Å². The second-order valence-corrected chi connectivity index (χ2v) is 7.83. The van der Waals surface area contributed by atoms with Crippen molar-refractivity contribution in [3.8, 4) is 23.1 Å². The molecule has 0 bridgehead atoms. The first-order valence-electron chi connectivity index (χ1n) is 10.3. The Kier molecular flexibility index (Phi) is 6.00. The second kappa shape index (κ2) is 9.02. The van der Waals surface area contributed by atoms with Crippen molar-refractivity contribution in [3.63, 3.8) is 0 Å². The van der Waals surface area contributed by atoms with E-state index in [2.05, 4.69) is 67.7 Å². The van der Waals surface area contributed by atoms with E-state index in [0.717, 1.165) is 42.3 Å². The highest BCUT2D eigenvalue weighted by atomic mass is 16.5. The SMILES string of the molecule is COc1cc(N2CCN[C@H](C(C)C)C2)ccc1-c1cc(Nc2cnc(C#N)cn2)n[nH]1. The molecule has 0 unspecified atom stereocenters. The van der Waals surface area contributed by atoms with E-state index in [1.165, 1.54) is 12.4 Å². The predicted octanol–water partition coefficient (Wildman–Crippen LogP) is 2.92. The Hall–Kier alpha value is -3.64. The maximum atomic E-state index is 8.83. The summed E-state index contributed by atoms with van der Waals surface area (Å²) in [7, 11) is 1.68. The van der Waals surface area contributed by atoms with Crippen LogP contribution in [0.25, 0.3) is 11.3 Å². The Balaban J connectivity index is 1.52. The van der Waals surface area contributed by atoms with Gasteiger partial charge in [0, 0.05) is 49.1 Å². The summed E-state index contributed by atoms with van der Waals surface area (Å²) in [6.45, 7) is 7.41. The molecule has 160 valence electrons. The number of hydrogen-bond donors (Lipinski definition) is 3. The summed E-state index contributed by atoms with van der Waals surface area (Å²) in [5, 5.41) is 22.9. The van der Waals surface area contributed by atoms with Crippen LogP contribution in [0.3, 0.4) is 0 Å². The molecule has 9 heteroatoms. The fourth-order valence-electron chi connectivity index (χ4n) is 3.66. The van der Waals surface area contributed by atoms with E-state index in [1.807, 2.05) is 12.1 Å². The molecule has 9 nitrogen and oxygen atoms in total. The summed E-state index contributed by atoms with van der Waals surface area (Å²) in [4.78, 5) is 10.6. The molecule has 3 aromatic rings. The average molecular weight is 419 g/mol. The smallest absolute Gasteiger partial charge is 0.158 e. The van der Waals surface area contributed by atoms with Crippen molar-refractivity contribution in [2.24, 2.45) is 5.92 Å². The molecule has 0 radical (unpaired) electrons. The van der Waals surface area contributed by atoms with Crippen LogP contribution in [-0.4, -0.2) is 53.0 Å². The molecule has 0 spiro atoms. The topological polar surface area (TPSA) is 115 Å². The molecule has 3 N–H and O–H groups in total. The minimum atomic E-state index is 0.266. The van der Waals surface area contributed by atoms with Crippen molar-refractivity contribution in [1.29, 1.82) is 5.26 Å². The van der Waals surface area contributed by atoms with Crippen LogP contribution in [0.2, 0.25) is 0 Å². The third-order valence-corrected chi connectivity index (χ3v) is 5.45. The van der Waals surface area contributed by atoms with Crippen LogP contribution in [-0.2, 0) is 0 Å². The number of aromatic nitrogens is 4. The van der Waals surface area contributed by atoms with Crippen molar-refractivity contribution in [2.45, 2.75) is 19.9 Å². The standard InChI is InChI=1S/C22H26N8O/c1-14(2)19-13-30(7-6-24-19)16-4-5-17(20(8-16)31-3)18-9-21(29-28-18)27-22-12-25-15(10-23)11-26-22/h4-5,8-9,11-12,14,19,24H,6-7,13H2,1-3H3,(H2,26,27,28,29)/t19-/m0/s1. The van der Waals surface area contributed by atoms with Crippen molar-refractivity contribution >= 4 is 17.3 Å². The first kappa shape index (κ1) is 20.6. The molecule has 0 amide bonds. The number of benzene rings is 1. The zero-order chi connectivity index (χ0) is 21.8. The zero-order valence-corrected chi connectivity index (χ0v) is 17.9. The van der Waals surface area contributed by atoms with Crippen LogP contribution in [0.4, 0.5) is 17.3 Å². The van der Waals surface area contributed by atoms with Crippen molar-refractivity contribution < 1.29 is 4.74 Å². The van der Waals surface area contributed by atoms with Gasteiger partial charge in [-0.15, -0.1) is 0 Å². The van der Waals surface area contributed by atoms with Gasteiger partial charge >= 0.3 is 0 Å². The first-order chi connectivity index (χ1) is 15.1. The number of methoxy groups -OCH3 is 1. The van der Waals surface area contributed by atoms with Gasteiger partial charge in [0.1, 0.15) is 17.6 Å². The molecule has 31 heavy (non-hydrogen) atoms. The van der Waals surface area contributed by atoms with Crippen molar-refractivity contribution in [1.82, 2.24) is 25.5 Å². The molecule has 1 aromatic carbocycles. The number of H-pyrrole nitrogens is 1. The van der Waals surface area contributed by atoms with Crippen LogP contribution in [0.5, 0.6) is 5.75 Å². The predicted molar refractivity (Wildman–Crippen MR) is 119 cm³/mol. The maximum Gasteiger partial charge on any atom is 0.158 e. The van der Waals surface area contributed by atoms with Gasteiger partial charge < -0.3 is 20.3 Å². The average Bonchev–Trinajstić information content (AvgIpc) is 3.27. The summed E-state index contributed by atoms with van der Waals surface area (Å²) in [5.74, 6) is 2.48. The summed E-state index contributed by atoms with van der Waals surface area (Å²) in [6.07, 6.45) is 2.91. The number of piperazine rings is 1. The molecular formula is C22H26N8O. The number of anilines is 3. The van der Waals surface area contributed by atoms with Crippen LogP contribution < -0.4 is 20.3 Å². The highest BCUT2D eigenvalue weighted by molar-refractivity contribution is 5.73. The van der Waals surface area contributed by atoms with E-state index < -0.39 is 0 Å². The number of hydrogen-bond acceptors (Lipinski definition) is 8. The van der Waals surface area contributed by atoms with E-state index in [9.17, 15) is 0 Å². The van der Waals surface area contributed by atoms with Gasteiger partial charge in [-0.05, 0) is 18.1 Å². The van der Waals surface area contributed by atoms with Gasteiger partial charge in [-0.2, -0.15) is 10.4 Å². The molecule has 1 aliphatic heterocycles. The Morgan fingerprint density at radius 2 is 2.10 bits per heavy atom. The number of aromatic amines is 1. The summed E-state index contributed by atoms with van der Waals surface area (Å²) in [6, 6.07) is 10.6. The lowest BCUT2D eigenvalue weighted by atomic mass is 10.0. The fourth-order valence-corrected chi connectivity index (χ4v) is 3.66.